The van der Waals surface area contributed by atoms with Gasteiger partial charge in [-0.1, -0.05) is 18.2 Å². The fraction of sp³-hybridized carbons (Fsp3) is 0. The summed E-state index contributed by atoms with van der Waals surface area (Å²) >= 11 is 0. The Kier molecular flexibility index (Phi) is 3.23. The van der Waals surface area contributed by atoms with Gasteiger partial charge in [0, 0.05) is 17.3 Å². The highest BCUT2D eigenvalue weighted by Crippen LogP contribution is 2.21. The third-order valence-corrected chi connectivity index (χ3v) is 3.13. The Morgan fingerprint density at radius 1 is 1.14 bits per heavy atom. The maximum absolute atomic E-state index is 13.7. The van der Waals surface area contributed by atoms with Crippen molar-refractivity contribution in [1.29, 1.82) is 0 Å². The van der Waals surface area contributed by atoms with Crippen molar-refractivity contribution in [1.82, 2.24) is 4.98 Å². The van der Waals surface area contributed by atoms with E-state index in [4.69, 9.17) is 5.73 Å². The number of pyridine rings is 1. The summed E-state index contributed by atoms with van der Waals surface area (Å²) in [4.78, 5) is 16.5. The van der Waals surface area contributed by atoms with Gasteiger partial charge in [0.25, 0.3) is 5.91 Å². The maximum atomic E-state index is 13.7. The van der Waals surface area contributed by atoms with Gasteiger partial charge in [-0.05, 0) is 30.3 Å². The molecule has 104 valence electrons. The largest absolute Gasteiger partial charge is 0.399 e. The molecule has 0 aliphatic rings. The molecular formula is C16H12FN3O. The molecule has 0 spiro atoms. The number of carbonyl (C=O) groups is 1. The molecule has 1 aromatic heterocycles. The van der Waals surface area contributed by atoms with E-state index in [9.17, 15) is 9.18 Å². The lowest BCUT2D eigenvalue weighted by Gasteiger charge is -2.09. The number of carbonyl (C=O) groups excluding carboxylic acids is 1. The summed E-state index contributed by atoms with van der Waals surface area (Å²) < 4.78 is 13.7. The highest BCUT2D eigenvalue weighted by molar-refractivity contribution is 6.12. The van der Waals surface area contributed by atoms with Crippen LogP contribution in [0.5, 0.6) is 0 Å². The third-order valence-electron chi connectivity index (χ3n) is 3.13. The van der Waals surface area contributed by atoms with Crippen molar-refractivity contribution >= 4 is 28.2 Å². The highest BCUT2D eigenvalue weighted by atomic mass is 19.1. The third kappa shape index (κ3) is 2.53. The summed E-state index contributed by atoms with van der Waals surface area (Å²) in [5, 5.41) is 3.25. The van der Waals surface area contributed by atoms with Crippen LogP contribution < -0.4 is 11.1 Å². The van der Waals surface area contributed by atoms with Gasteiger partial charge < -0.3 is 11.1 Å². The predicted molar refractivity (Wildman–Crippen MR) is 80.5 cm³/mol. The first kappa shape index (κ1) is 13.1. The van der Waals surface area contributed by atoms with Crippen molar-refractivity contribution in [3.05, 3.63) is 66.1 Å². The van der Waals surface area contributed by atoms with E-state index in [0.717, 1.165) is 0 Å². The first-order chi connectivity index (χ1) is 10.1. The van der Waals surface area contributed by atoms with Crippen LogP contribution in [0.4, 0.5) is 15.8 Å². The van der Waals surface area contributed by atoms with E-state index in [-0.39, 0.29) is 5.69 Å². The molecule has 5 heteroatoms. The summed E-state index contributed by atoms with van der Waals surface area (Å²) in [6.45, 7) is 0. The number of nitrogens with two attached hydrogens (primary N) is 1. The monoisotopic (exact) mass is 281 g/mol. The average molecular weight is 281 g/mol. The molecule has 3 rings (SSSR count). The zero-order valence-corrected chi connectivity index (χ0v) is 11.0. The molecule has 4 nitrogen and oxygen atoms in total. The lowest BCUT2D eigenvalue weighted by atomic mass is 10.1. The van der Waals surface area contributed by atoms with Gasteiger partial charge in [0.1, 0.15) is 5.82 Å². The van der Waals surface area contributed by atoms with E-state index < -0.39 is 11.7 Å². The molecule has 0 aliphatic heterocycles. The van der Waals surface area contributed by atoms with Crippen LogP contribution in [0.3, 0.4) is 0 Å². The van der Waals surface area contributed by atoms with E-state index in [1.54, 1.807) is 18.3 Å². The molecule has 0 radical (unpaired) electrons. The quantitative estimate of drug-likeness (QED) is 0.709. The number of aromatic nitrogens is 1. The molecule has 3 N–H and O–H groups in total. The number of hydrogen-bond donors (Lipinski definition) is 2. The Morgan fingerprint density at radius 2 is 1.95 bits per heavy atom. The second-order valence-corrected chi connectivity index (χ2v) is 4.57. The van der Waals surface area contributed by atoms with Gasteiger partial charge in [-0.25, -0.2) is 4.39 Å². The minimum Gasteiger partial charge on any atom is -0.399 e. The standard InChI is InChI=1S/C16H12FN3O/c17-13-6-5-10(18)9-15(13)20-16(21)12-7-8-19-14-4-2-1-3-11(12)14/h1-9H,18H2,(H,20,21). The highest BCUT2D eigenvalue weighted by Gasteiger charge is 2.12. The van der Waals surface area contributed by atoms with E-state index >= 15 is 0 Å². The average Bonchev–Trinajstić information content (AvgIpc) is 2.50. The van der Waals surface area contributed by atoms with Crippen LogP contribution in [0.25, 0.3) is 10.9 Å². The molecule has 0 fully saturated rings. The second kappa shape index (κ2) is 5.20. The first-order valence-corrected chi connectivity index (χ1v) is 6.35. The lowest BCUT2D eigenvalue weighted by molar-refractivity contribution is 0.102. The molecule has 0 aliphatic carbocycles. The van der Waals surface area contributed by atoms with Gasteiger partial charge in [0.2, 0.25) is 0 Å². The fourth-order valence-electron chi connectivity index (χ4n) is 2.12. The summed E-state index contributed by atoms with van der Waals surface area (Å²) in [6.07, 6.45) is 1.55. The van der Waals surface area contributed by atoms with Gasteiger partial charge in [0.15, 0.2) is 0 Å². The zero-order chi connectivity index (χ0) is 14.8. The van der Waals surface area contributed by atoms with Crippen molar-refractivity contribution in [2.75, 3.05) is 11.1 Å². The minimum atomic E-state index is -0.532. The van der Waals surface area contributed by atoms with E-state index in [2.05, 4.69) is 10.3 Å². The molecule has 0 saturated heterocycles. The van der Waals surface area contributed by atoms with Crippen LogP contribution >= 0.6 is 0 Å². The Morgan fingerprint density at radius 3 is 2.81 bits per heavy atom. The topological polar surface area (TPSA) is 68.0 Å². The number of rotatable bonds is 2. The predicted octanol–water partition coefficient (Wildman–Crippen LogP) is 3.21. The number of halogens is 1. The molecule has 0 atom stereocenters. The van der Waals surface area contributed by atoms with Gasteiger partial charge in [-0.2, -0.15) is 0 Å². The summed E-state index contributed by atoms with van der Waals surface area (Å²) in [7, 11) is 0. The maximum Gasteiger partial charge on any atom is 0.256 e. The number of amides is 1. The van der Waals surface area contributed by atoms with Crippen LogP contribution in [-0.2, 0) is 0 Å². The smallest absolute Gasteiger partial charge is 0.256 e. The molecule has 1 heterocycles. The number of hydrogen-bond acceptors (Lipinski definition) is 3. The summed E-state index contributed by atoms with van der Waals surface area (Å²) in [5.74, 6) is -0.936. The summed E-state index contributed by atoms with van der Waals surface area (Å²) in [6, 6.07) is 12.9. The summed E-state index contributed by atoms with van der Waals surface area (Å²) in [5.41, 5.74) is 7.18. The molecule has 1 amide bonds. The fourth-order valence-corrected chi connectivity index (χ4v) is 2.12. The van der Waals surface area contributed by atoms with Crippen molar-refractivity contribution in [3.8, 4) is 0 Å². The van der Waals surface area contributed by atoms with E-state index in [0.29, 0.717) is 22.2 Å². The Bertz CT molecular complexity index is 827. The number of fused-ring (bicyclic) bond motifs is 1. The van der Waals surface area contributed by atoms with E-state index in [1.165, 1.54) is 18.2 Å². The molecule has 0 saturated carbocycles. The SMILES string of the molecule is Nc1ccc(F)c(NC(=O)c2ccnc3ccccc23)c1. The van der Waals surface area contributed by atoms with Gasteiger partial charge >= 0.3 is 0 Å². The van der Waals surface area contributed by atoms with Crippen molar-refractivity contribution in [2.45, 2.75) is 0 Å². The number of nitrogens with one attached hydrogen (secondary N) is 1. The first-order valence-electron chi connectivity index (χ1n) is 6.35. The normalized spacial score (nSPS) is 10.5. The number of nitrogens with zero attached hydrogens (tertiary/aromatic N) is 1. The van der Waals surface area contributed by atoms with Crippen LogP contribution in [-0.4, -0.2) is 10.9 Å². The van der Waals surface area contributed by atoms with Crippen LogP contribution in [0.15, 0.2) is 54.7 Å². The molecule has 21 heavy (non-hydrogen) atoms. The number of anilines is 2. The Balaban J connectivity index is 1.99. The lowest BCUT2D eigenvalue weighted by Crippen LogP contribution is -2.14. The van der Waals surface area contributed by atoms with E-state index in [1.807, 2.05) is 18.2 Å². The number of para-hydroxylation sites is 1. The van der Waals surface area contributed by atoms with Crippen LogP contribution in [0, 0.1) is 5.82 Å². The van der Waals surface area contributed by atoms with Crippen molar-refractivity contribution in [2.24, 2.45) is 0 Å². The van der Waals surface area contributed by atoms with Crippen LogP contribution in [0.2, 0.25) is 0 Å². The zero-order valence-electron chi connectivity index (χ0n) is 11.0. The van der Waals surface area contributed by atoms with Gasteiger partial charge in [-0.15, -0.1) is 0 Å². The number of benzene rings is 2. The molecular weight excluding hydrogens is 269 g/mol. The second-order valence-electron chi connectivity index (χ2n) is 4.57. The van der Waals surface area contributed by atoms with Crippen molar-refractivity contribution < 1.29 is 9.18 Å². The molecule has 0 unspecified atom stereocenters. The van der Waals surface area contributed by atoms with Gasteiger partial charge in [-0.3, -0.25) is 9.78 Å². The minimum absolute atomic E-state index is 0.0564. The van der Waals surface area contributed by atoms with Crippen molar-refractivity contribution in [3.63, 3.8) is 0 Å². The Hall–Kier alpha value is -2.95. The van der Waals surface area contributed by atoms with Crippen LogP contribution in [0.1, 0.15) is 10.4 Å². The number of nitrogen functional groups attached to an aromatic ring is 1. The molecule has 2 aromatic carbocycles. The Labute approximate surface area is 120 Å². The molecule has 3 aromatic rings. The molecule has 0 bridgehead atoms. The van der Waals surface area contributed by atoms with Gasteiger partial charge in [0.05, 0.1) is 16.8 Å².